The molecule has 100 valence electrons. The van der Waals surface area contributed by atoms with E-state index in [9.17, 15) is 4.79 Å². The SMILES string of the molecule is CN(c1ncnc2[nH]ccc12)[C@@H]1CCN(C(=O)O)C1. The number of nitrogens with one attached hydrogen (secondary N) is 1. The van der Waals surface area contributed by atoms with Crippen LogP contribution in [0.15, 0.2) is 18.6 Å². The van der Waals surface area contributed by atoms with Gasteiger partial charge in [0, 0.05) is 32.4 Å². The fraction of sp³-hybridized carbons (Fsp3) is 0.417. The molecule has 1 saturated heterocycles. The molecule has 1 fully saturated rings. The highest BCUT2D eigenvalue weighted by molar-refractivity contribution is 5.87. The highest BCUT2D eigenvalue weighted by Crippen LogP contribution is 2.25. The van der Waals surface area contributed by atoms with Crippen molar-refractivity contribution in [3.63, 3.8) is 0 Å². The summed E-state index contributed by atoms with van der Waals surface area (Å²) in [5, 5.41) is 9.96. The van der Waals surface area contributed by atoms with Gasteiger partial charge < -0.3 is 19.9 Å². The van der Waals surface area contributed by atoms with Crippen LogP contribution in [0.3, 0.4) is 0 Å². The van der Waals surface area contributed by atoms with Crippen LogP contribution in [0.2, 0.25) is 0 Å². The molecular formula is C12H15N5O2. The molecule has 0 bridgehead atoms. The van der Waals surface area contributed by atoms with Crippen LogP contribution >= 0.6 is 0 Å². The molecule has 0 aliphatic carbocycles. The number of likely N-dealkylation sites (N-methyl/N-ethyl adjacent to an activating group) is 1. The number of rotatable bonds is 2. The van der Waals surface area contributed by atoms with Crippen molar-refractivity contribution in [2.75, 3.05) is 25.0 Å². The summed E-state index contributed by atoms with van der Waals surface area (Å²) >= 11 is 0. The molecule has 0 unspecified atom stereocenters. The number of aromatic nitrogens is 3. The van der Waals surface area contributed by atoms with Crippen LogP contribution in [0.25, 0.3) is 11.0 Å². The normalized spacial score (nSPS) is 19.0. The predicted octanol–water partition coefficient (Wildman–Crippen LogP) is 1.15. The number of fused-ring (bicyclic) bond motifs is 1. The first-order valence-electron chi connectivity index (χ1n) is 6.15. The predicted molar refractivity (Wildman–Crippen MR) is 70.3 cm³/mol. The molecular weight excluding hydrogens is 246 g/mol. The molecule has 0 aromatic carbocycles. The van der Waals surface area contributed by atoms with E-state index in [-0.39, 0.29) is 6.04 Å². The van der Waals surface area contributed by atoms with Crippen LogP contribution in [0, 0.1) is 0 Å². The van der Waals surface area contributed by atoms with E-state index in [2.05, 4.69) is 15.0 Å². The summed E-state index contributed by atoms with van der Waals surface area (Å²) in [4.78, 5) is 26.0. The topological polar surface area (TPSA) is 85.4 Å². The molecule has 7 heteroatoms. The number of aromatic amines is 1. The van der Waals surface area contributed by atoms with Crippen molar-refractivity contribution in [3.8, 4) is 0 Å². The van der Waals surface area contributed by atoms with Crippen LogP contribution in [0.4, 0.5) is 10.6 Å². The zero-order valence-corrected chi connectivity index (χ0v) is 10.6. The fourth-order valence-electron chi connectivity index (χ4n) is 2.54. The molecule has 0 saturated carbocycles. The number of hydrogen-bond acceptors (Lipinski definition) is 4. The summed E-state index contributed by atoms with van der Waals surface area (Å²) < 4.78 is 0. The first-order chi connectivity index (χ1) is 9.16. The minimum Gasteiger partial charge on any atom is -0.465 e. The Hall–Kier alpha value is -2.31. The molecule has 1 amide bonds. The van der Waals surface area contributed by atoms with Gasteiger partial charge >= 0.3 is 6.09 Å². The van der Waals surface area contributed by atoms with Crippen molar-refractivity contribution in [3.05, 3.63) is 18.6 Å². The Balaban J connectivity index is 1.86. The van der Waals surface area contributed by atoms with Crippen molar-refractivity contribution >= 4 is 22.9 Å². The number of nitrogens with zero attached hydrogens (tertiary/aromatic N) is 4. The molecule has 1 aliphatic rings. The number of likely N-dealkylation sites (tertiary alicyclic amines) is 1. The van der Waals surface area contributed by atoms with E-state index in [1.165, 1.54) is 11.2 Å². The van der Waals surface area contributed by atoms with Gasteiger partial charge in [0.15, 0.2) is 0 Å². The summed E-state index contributed by atoms with van der Waals surface area (Å²) in [6, 6.07) is 2.09. The van der Waals surface area contributed by atoms with Gasteiger partial charge in [0.05, 0.1) is 5.39 Å². The van der Waals surface area contributed by atoms with Gasteiger partial charge in [-0.2, -0.15) is 0 Å². The van der Waals surface area contributed by atoms with Gasteiger partial charge in [0.25, 0.3) is 0 Å². The Bertz CT molecular complexity index is 611. The fourth-order valence-corrected chi connectivity index (χ4v) is 2.54. The first-order valence-corrected chi connectivity index (χ1v) is 6.15. The minimum atomic E-state index is -0.856. The largest absolute Gasteiger partial charge is 0.465 e. The highest BCUT2D eigenvalue weighted by atomic mass is 16.4. The van der Waals surface area contributed by atoms with Crippen LogP contribution in [-0.2, 0) is 0 Å². The maximum absolute atomic E-state index is 11.0. The minimum absolute atomic E-state index is 0.157. The molecule has 1 aliphatic heterocycles. The van der Waals surface area contributed by atoms with E-state index < -0.39 is 6.09 Å². The second-order valence-corrected chi connectivity index (χ2v) is 4.72. The smallest absolute Gasteiger partial charge is 0.407 e. The third-order valence-corrected chi connectivity index (χ3v) is 3.65. The first kappa shape index (κ1) is 11.8. The molecule has 7 nitrogen and oxygen atoms in total. The Kier molecular flexibility index (Phi) is 2.73. The summed E-state index contributed by atoms with van der Waals surface area (Å²) in [6.45, 7) is 1.09. The second kappa shape index (κ2) is 4.42. The van der Waals surface area contributed by atoms with Gasteiger partial charge in [-0.25, -0.2) is 14.8 Å². The lowest BCUT2D eigenvalue weighted by molar-refractivity contribution is 0.155. The Labute approximate surface area is 109 Å². The van der Waals surface area contributed by atoms with Crippen LogP contribution in [-0.4, -0.2) is 57.2 Å². The summed E-state index contributed by atoms with van der Waals surface area (Å²) in [6.07, 6.45) is 3.31. The lowest BCUT2D eigenvalue weighted by Gasteiger charge is -2.25. The van der Waals surface area contributed by atoms with Gasteiger partial charge in [-0.3, -0.25) is 0 Å². The van der Waals surface area contributed by atoms with Crippen LogP contribution in [0.1, 0.15) is 6.42 Å². The molecule has 2 aromatic heterocycles. The Morgan fingerprint density at radius 2 is 2.42 bits per heavy atom. The maximum Gasteiger partial charge on any atom is 0.407 e. The maximum atomic E-state index is 11.0. The third-order valence-electron chi connectivity index (χ3n) is 3.65. The van der Waals surface area contributed by atoms with Crippen molar-refractivity contribution in [1.29, 1.82) is 0 Å². The number of carbonyl (C=O) groups is 1. The van der Waals surface area contributed by atoms with Gasteiger partial charge in [-0.15, -0.1) is 0 Å². The number of anilines is 1. The van der Waals surface area contributed by atoms with E-state index in [0.717, 1.165) is 23.3 Å². The van der Waals surface area contributed by atoms with E-state index >= 15 is 0 Å². The Morgan fingerprint density at radius 1 is 1.58 bits per heavy atom. The molecule has 3 heterocycles. The molecule has 0 spiro atoms. The van der Waals surface area contributed by atoms with Crippen molar-refractivity contribution < 1.29 is 9.90 Å². The monoisotopic (exact) mass is 261 g/mol. The zero-order valence-electron chi connectivity index (χ0n) is 10.6. The zero-order chi connectivity index (χ0) is 13.4. The standard InChI is InChI=1S/C12H15N5O2/c1-16(8-3-5-17(6-8)12(18)19)11-9-2-4-13-10(9)14-7-15-11/h2,4,7-8H,3,5-6H2,1H3,(H,18,19)(H,13,14,15)/t8-/m1/s1. The lowest BCUT2D eigenvalue weighted by atomic mass is 10.2. The van der Waals surface area contributed by atoms with E-state index in [4.69, 9.17) is 5.11 Å². The van der Waals surface area contributed by atoms with Crippen molar-refractivity contribution in [2.45, 2.75) is 12.5 Å². The number of amides is 1. The summed E-state index contributed by atoms with van der Waals surface area (Å²) in [5.41, 5.74) is 0.796. The molecule has 2 N–H and O–H groups in total. The van der Waals surface area contributed by atoms with Crippen LogP contribution < -0.4 is 4.90 Å². The van der Waals surface area contributed by atoms with Gasteiger partial charge in [-0.1, -0.05) is 0 Å². The van der Waals surface area contributed by atoms with E-state index in [1.54, 1.807) is 0 Å². The quantitative estimate of drug-likeness (QED) is 0.847. The van der Waals surface area contributed by atoms with Gasteiger partial charge in [-0.05, 0) is 12.5 Å². The number of hydrogen-bond donors (Lipinski definition) is 2. The summed E-state index contributed by atoms with van der Waals surface area (Å²) in [5.74, 6) is 0.837. The Morgan fingerprint density at radius 3 is 3.16 bits per heavy atom. The van der Waals surface area contributed by atoms with Gasteiger partial charge in [0.1, 0.15) is 17.8 Å². The second-order valence-electron chi connectivity index (χ2n) is 4.72. The van der Waals surface area contributed by atoms with Crippen molar-refractivity contribution in [1.82, 2.24) is 19.9 Å². The molecule has 0 radical (unpaired) electrons. The molecule has 1 atom stereocenters. The highest BCUT2D eigenvalue weighted by Gasteiger charge is 2.29. The summed E-state index contributed by atoms with van der Waals surface area (Å²) in [7, 11) is 1.95. The van der Waals surface area contributed by atoms with Gasteiger partial charge in [0.2, 0.25) is 0 Å². The van der Waals surface area contributed by atoms with Crippen molar-refractivity contribution in [2.24, 2.45) is 0 Å². The molecule has 3 rings (SSSR count). The molecule has 2 aromatic rings. The van der Waals surface area contributed by atoms with E-state index in [1.807, 2.05) is 24.2 Å². The third kappa shape index (κ3) is 1.96. The number of H-pyrrole nitrogens is 1. The lowest BCUT2D eigenvalue weighted by Crippen LogP contribution is -2.36. The van der Waals surface area contributed by atoms with Crippen LogP contribution in [0.5, 0.6) is 0 Å². The van der Waals surface area contributed by atoms with E-state index in [0.29, 0.717) is 13.1 Å². The molecule has 19 heavy (non-hydrogen) atoms. The average molecular weight is 261 g/mol. The number of carboxylic acid groups (broad SMARTS) is 1. The average Bonchev–Trinajstić information content (AvgIpc) is 3.06.